The van der Waals surface area contributed by atoms with Crippen LogP contribution in [0, 0.1) is 0 Å². The summed E-state index contributed by atoms with van der Waals surface area (Å²) in [6.45, 7) is 2.48. The third-order valence-electron chi connectivity index (χ3n) is 6.35. The molecule has 0 aliphatic carbocycles. The third-order valence-corrected chi connectivity index (χ3v) is 7.09. The van der Waals surface area contributed by atoms with Crippen LogP contribution in [0.1, 0.15) is 40.4 Å². The Balaban J connectivity index is 1.81. The van der Waals surface area contributed by atoms with E-state index >= 15 is 0 Å². The number of thioether (sulfide) groups is 1. The van der Waals surface area contributed by atoms with Crippen molar-refractivity contribution in [2.45, 2.75) is 23.8 Å². The van der Waals surface area contributed by atoms with Gasteiger partial charge >= 0.3 is 0 Å². The van der Waals surface area contributed by atoms with E-state index in [4.69, 9.17) is 14.2 Å². The maximum atomic E-state index is 13.9. The minimum Gasteiger partial charge on any atom is -0.494 e. The number of likely N-dealkylation sites (N-methyl/N-ethyl adjacent to an activating group) is 1. The number of nitrogens with zero attached hydrogens (tertiary/aromatic N) is 1. The van der Waals surface area contributed by atoms with E-state index in [-0.39, 0.29) is 11.8 Å². The Bertz CT molecular complexity index is 1240. The van der Waals surface area contributed by atoms with E-state index < -0.39 is 12.0 Å². The van der Waals surface area contributed by atoms with Crippen molar-refractivity contribution in [1.82, 2.24) is 4.90 Å². The number of carbonyl (C=O) groups excluding carboxylic acids is 2. The first-order valence-corrected chi connectivity index (χ1v) is 12.8. The molecule has 7 nitrogen and oxygen atoms in total. The van der Waals surface area contributed by atoms with Crippen molar-refractivity contribution in [1.29, 1.82) is 0 Å². The molecule has 188 valence electrons. The van der Waals surface area contributed by atoms with Crippen LogP contribution in [0.3, 0.4) is 0 Å². The van der Waals surface area contributed by atoms with Crippen molar-refractivity contribution in [2.24, 2.45) is 0 Å². The van der Waals surface area contributed by atoms with Crippen LogP contribution in [0.4, 0.5) is 5.69 Å². The van der Waals surface area contributed by atoms with Crippen LogP contribution in [0.15, 0.2) is 65.6 Å². The number of carbonyl (C=O) groups is 2. The van der Waals surface area contributed by atoms with Crippen molar-refractivity contribution in [3.05, 3.63) is 77.4 Å². The van der Waals surface area contributed by atoms with Gasteiger partial charge in [0.15, 0.2) is 11.5 Å². The molecule has 0 fully saturated rings. The van der Waals surface area contributed by atoms with Crippen LogP contribution in [0.5, 0.6) is 17.2 Å². The SMILES string of the molecule is CCOc1ccc(NC(=O)[C@@H]2c3cc(OC)c(OC)cc3C(=O)N(C)[C@H]2c2ccc(SC)cc2)cc1. The van der Waals surface area contributed by atoms with Crippen molar-refractivity contribution >= 4 is 29.3 Å². The molecule has 3 aromatic rings. The van der Waals surface area contributed by atoms with Gasteiger partial charge in [-0.3, -0.25) is 9.59 Å². The number of nitrogens with one attached hydrogen (secondary N) is 1. The normalized spacial score (nSPS) is 16.8. The van der Waals surface area contributed by atoms with Crippen LogP contribution in [-0.4, -0.2) is 50.8 Å². The van der Waals surface area contributed by atoms with Gasteiger partial charge in [0, 0.05) is 23.2 Å². The summed E-state index contributed by atoms with van der Waals surface area (Å²) in [6, 6.07) is 18.1. The first-order valence-electron chi connectivity index (χ1n) is 11.6. The van der Waals surface area contributed by atoms with Gasteiger partial charge in [-0.25, -0.2) is 0 Å². The minimum absolute atomic E-state index is 0.185. The van der Waals surface area contributed by atoms with Gasteiger partial charge < -0.3 is 24.4 Å². The highest BCUT2D eigenvalue weighted by molar-refractivity contribution is 7.98. The Hall–Kier alpha value is -3.65. The number of anilines is 1. The molecule has 1 N–H and O–H groups in total. The Kier molecular flexibility index (Phi) is 7.74. The fourth-order valence-electron chi connectivity index (χ4n) is 4.57. The van der Waals surface area contributed by atoms with Crippen molar-refractivity contribution < 1.29 is 23.8 Å². The molecule has 8 heteroatoms. The number of hydrogen-bond acceptors (Lipinski definition) is 6. The summed E-state index contributed by atoms with van der Waals surface area (Å²) in [7, 11) is 4.79. The Morgan fingerprint density at radius 1 is 1.00 bits per heavy atom. The second-order valence-electron chi connectivity index (χ2n) is 8.35. The molecule has 0 bridgehead atoms. The summed E-state index contributed by atoms with van der Waals surface area (Å²) in [4.78, 5) is 30.1. The zero-order valence-electron chi connectivity index (χ0n) is 21.0. The molecule has 1 heterocycles. The number of rotatable bonds is 8. The topological polar surface area (TPSA) is 77.1 Å². The van der Waals surface area contributed by atoms with Crippen molar-refractivity contribution in [3.63, 3.8) is 0 Å². The van der Waals surface area contributed by atoms with E-state index in [2.05, 4.69) is 5.32 Å². The molecule has 2 amide bonds. The molecule has 1 aliphatic heterocycles. The predicted octanol–water partition coefficient (Wildman–Crippen LogP) is 5.37. The van der Waals surface area contributed by atoms with E-state index in [9.17, 15) is 9.59 Å². The summed E-state index contributed by atoms with van der Waals surface area (Å²) in [5.41, 5.74) is 2.52. The first kappa shape index (κ1) is 25.4. The molecule has 0 aromatic heterocycles. The maximum absolute atomic E-state index is 13.9. The van der Waals surface area contributed by atoms with E-state index in [1.807, 2.05) is 49.6 Å². The average molecular weight is 507 g/mol. The fourth-order valence-corrected chi connectivity index (χ4v) is 4.98. The molecule has 1 aliphatic rings. The second kappa shape index (κ2) is 11.0. The molecule has 0 unspecified atom stereocenters. The van der Waals surface area contributed by atoms with Crippen LogP contribution >= 0.6 is 11.8 Å². The molecule has 0 spiro atoms. The van der Waals surface area contributed by atoms with Crippen LogP contribution in [0.2, 0.25) is 0 Å². The number of amides is 2. The molecule has 0 saturated heterocycles. The number of hydrogen-bond donors (Lipinski definition) is 1. The summed E-state index contributed by atoms with van der Waals surface area (Å²) in [6.07, 6.45) is 2.01. The molecule has 0 radical (unpaired) electrons. The molecule has 0 saturated carbocycles. The van der Waals surface area contributed by atoms with E-state index in [1.54, 1.807) is 48.0 Å². The van der Waals surface area contributed by atoms with E-state index in [0.717, 1.165) is 16.2 Å². The molecule has 2 atom stereocenters. The van der Waals surface area contributed by atoms with Gasteiger partial charge in [0.05, 0.1) is 32.8 Å². The largest absolute Gasteiger partial charge is 0.494 e. The van der Waals surface area contributed by atoms with Crippen LogP contribution in [-0.2, 0) is 4.79 Å². The number of ether oxygens (including phenoxy) is 3. The minimum atomic E-state index is -0.686. The van der Waals surface area contributed by atoms with Crippen molar-refractivity contribution in [3.8, 4) is 17.2 Å². The fraction of sp³-hybridized carbons (Fsp3) is 0.286. The number of benzene rings is 3. The van der Waals surface area contributed by atoms with Gasteiger partial charge in [0.2, 0.25) is 5.91 Å². The number of methoxy groups -OCH3 is 2. The van der Waals surface area contributed by atoms with Gasteiger partial charge in [0.1, 0.15) is 5.75 Å². The zero-order chi connectivity index (χ0) is 25.8. The molecular weight excluding hydrogens is 476 g/mol. The highest BCUT2D eigenvalue weighted by Gasteiger charge is 2.43. The zero-order valence-corrected chi connectivity index (χ0v) is 21.8. The lowest BCUT2D eigenvalue weighted by atomic mass is 9.79. The Morgan fingerprint density at radius 3 is 2.22 bits per heavy atom. The smallest absolute Gasteiger partial charge is 0.254 e. The predicted molar refractivity (Wildman–Crippen MR) is 142 cm³/mol. The van der Waals surface area contributed by atoms with Gasteiger partial charge in [-0.05, 0) is 72.8 Å². The third kappa shape index (κ3) is 4.86. The first-order chi connectivity index (χ1) is 17.4. The van der Waals surface area contributed by atoms with E-state index in [0.29, 0.717) is 34.9 Å². The van der Waals surface area contributed by atoms with Gasteiger partial charge in [-0.2, -0.15) is 0 Å². The quantitative estimate of drug-likeness (QED) is 0.414. The van der Waals surface area contributed by atoms with E-state index in [1.165, 1.54) is 14.2 Å². The average Bonchev–Trinajstić information content (AvgIpc) is 2.91. The lowest BCUT2D eigenvalue weighted by Crippen LogP contribution is -2.44. The molecule has 3 aromatic carbocycles. The summed E-state index contributed by atoms with van der Waals surface area (Å²) < 4.78 is 16.5. The van der Waals surface area contributed by atoms with Crippen LogP contribution in [0.25, 0.3) is 0 Å². The van der Waals surface area contributed by atoms with Crippen LogP contribution < -0.4 is 19.5 Å². The lowest BCUT2D eigenvalue weighted by molar-refractivity contribution is -0.119. The second-order valence-corrected chi connectivity index (χ2v) is 9.23. The van der Waals surface area contributed by atoms with Gasteiger partial charge in [-0.15, -0.1) is 11.8 Å². The highest BCUT2D eigenvalue weighted by Crippen LogP contribution is 2.46. The Labute approximate surface area is 215 Å². The lowest BCUT2D eigenvalue weighted by Gasteiger charge is -2.40. The maximum Gasteiger partial charge on any atom is 0.254 e. The standard InChI is InChI=1S/C28H30N2O5S/c1-6-35-19-11-9-18(10-12-19)29-27(31)25-21-15-23(33-3)24(34-4)16-22(21)28(32)30(2)26(25)17-7-13-20(36-5)14-8-17/h7-16,25-26H,6H2,1-5H3,(H,29,31)/t25-,26+/m1/s1. The highest BCUT2D eigenvalue weighted by atomic mass is 32.2. The molecule has 4 rings (SSSR count). The molecule has 36 heavy (non-hydrogen) atoms. The number of fused-ring (bicyclic) bond motifs is 1. The van der Waals surface area contributed by atoms with Gasteiger partial charge in [0.25, 0.3) is 5.91 Å². The monoisotopic (exact) mass is 506 g/mol. The summed E-state index contributed by atoms with van der Waals surface area (Å²) >= 11 is 1.64. The summed E-state index contributed by atoms with van der Waals surface area (Å²) in [5, 5.41) is 3.04. The van der Waals surface area contributed by atoms with Gasteiger partial charge in [-0.1, -0.05) is 12.1 Å². The Morgan fingerprint density at radius 2 is 1.64 bits per heavy atom. The summed E-state index contributed by atoms with van der Waals surface area (Å²) in [5.74, 6) is 0.526. The molecular formula is C28H30N2O5S. The van der Waals surface area contributed by atoms with Crippen molar-refractivity contribution in [2.75, 3.05) is 39.4 Å².